The van der Waals surface area contributed by atoms with E-state index in [1.165, 1.54) is 17.0 Å². The predicted molar refractivity (Wildman–Crippen MR) is 119 cm³/mol. The molecule has 34 heavy (non-hydrogen) atoms. The smallest absolute Gasteiger partial charge is 0.263 e. The molecule has 12 heteroatoms. The minimum Gasteiger partial charge on any atom is -0.309 e. The number of aliphatic imine (C=N–C) groups is 1. The Labute approximate surface area is 195 Å². The average Bonchev–Trinajstić information content (AvgIpc) is 3.12. The number of aryl methyl sites for hydroxylation is 1. The van der Waals surface area contributed by atoms with Crippen LogP contribution in [0.3, 0.4) is 0 Å². The molecule has 2 aliphatic heterocycles. The SMILES string of the molecule is Cn1cc(CN2C(=O)c3cc(S(=O)(=O)NC4(C)CC4)ccc3N3CC4(CC(F)(F)C4)N=C23)cn1. The first kappa shape index (κ1) is 21.7. The number of hydrogen-bond donors (Lipinski definition) is 1. The summed E-state index contributed by atoms with van der Waals surface area (Å²) in [7, 11) is -2.07. The molecule has 3 heterocycles. The van der Waals surface area contributed by atoms with Crippen LogP contribution in [-0.2, 0) is 23.6 Å². The van der Waals surface area contributed by atoms with Crippen molar-refractivity contribution in [2.75, 3.05) is 11.4 Å². The number of sulfonamides is 1. The standard InChI is InChI=1S/C22H24F2N6O3S/c1-20(5-6-20)27-34(32,33)15-3-4-17-16(7-15)18(31)29(10-14-8-25-28(2)9-14)19-26-21(13-30(17)19)11-22(23,24)12-21/h3-4,7-9,27H,5-6,10-13H2,1-2H3. The normalized spacial score (nSPS) is 23.4. The Bertz CT molecular complexity index is 1360. The van der Waals surface area contributed by atoms with Crippen LogP contribution in [0.4, 0.5) is 14.5 Å². The molecule has 2 saturated carbocycles. The first-order valence-corrected chi connectivity index (χ1v) is 12.6. The monoisotopic (exact) mass is 490 g/mol. The fourth-order valence-corrected chi connectivity index (χ4v) is 6.54. The number of hydrogen-bond acceptors (Lipinski definition) is 6. The molecular formula is C22H24F2N6O3S. The van der Waals surface area contributed by atoms with Crippen molar-refractivity contribution in [1.29, 1.82) is 0 Å². The molecule has 2 aromatic rings. The largest absolute Gasteiger partial charge is 0.309 e. The van der Waals surface area contributed by atoms with Gasteiger partial charge < -0.3 is 4.90 Å². The lowest BCUT2D eigenvalue weighted by Crippen LogP contribution is -2.54. The van der Waals surface area contributed by atoms with E-state index in [1.807, 2.05) is 6.92 Å². The quantitative estimate of drug-likeness (QED) is 0.693. The van der Waals surface area contributed by atoms with Gasteiger partial charge in [-0.3, -0.25) is 14.4 Å². The minimum atomic E-state index is -3.82. The molecule has 0 atom stereocenters. The van der Waals surface area contributed by atoms with Gasteiger partial charge in [-0.1, -0.05) is 0 Å². The van der Waals surface area contributed by atoms with Crippen LogP contribution in [0.15, 0.2) is 40.5 Å². The number of fused-ring (bicyclic) bond motifs is 3. The molecule has 6 rings (SSSR count). The molecule has 0 unspecified atom stereocenters. The number of anilines is 1. The second kappa shape index (κ2) is 6.63. The van der Waals surface area contributed by atoms with Gasteiger partial charge in [0.15, 0.2) is 0 Å². The molecule has 1 amide bonds. The van der Waals surface area contributed by atoms with E-state index in [1.54, 1.807) is 35.1 Å². The van der Waals surface area contributed by atoms with E-state index >= 15 is 0 Å². The summed E-state index contributed by atoms with van der Waals surface area (Å²) in [6.45, 7) is 2.19. The molecule has 9 nitrogen and oxygen atoms in total. The number of rotatable bonds is 5. The van der Waals surface area contributed by atoms with Crippen molar-refractivity contribution in [1.82, 2.24) is 19.4 Å². The fraction of sp³-hybridized carbons (Fsp3) is 0.500. The van der Waals surface area contributed by atoms with Crippen LogP contribution in [0.25, 0.3) is 0 Å². The van der Waals surface area contributed by atoms with E-state index in [0.717, 1.165) is 18.4 Å². The van der Waals surface area contributed by atoms with Gasteiger partial charge in [-0.05, 0) is 38.0 Å². The second-order valence-electron chi connectivity index (χ2n) is 10.2. The first-order valence-electron chi connectivity index (χ1n) is 11.1. The van der Waals surface area contributed by atoms with Crippen molar-refractivity contribution >= 4 is 27.6 Å². The Kier molecular flexibility index (Phi) is 4.22. The Morgan fingerprint density at radius 1 is 1.21 bits per heavy atom. The highest BCUT2D eigenvalue weighted by Crippen LogP contribution is 2.52. The zero-order valence-corrected chi connectivity index (χ0v) is 19.6. The Balaban J connectivity index is 1.41. The van der Waals surface area contributed by atoms with Crippen LogP contribution in [-0.4, -0.2) is 58.5 Å². The first-order chi connectivity index (χ1) is 15.9. The van der Waals surface area contributed by atoms with E-state index < -0.39 is 32.9 Å². The van der Waals surface area contributed by atoms with E-state index in [9.17, 15) is 22.0 Å². The van der Waals surface area contributed by atoms with Gasteiger partial charge in [-0.2, -0.15) is 5.10 Å². The average molecular weight is 491 g/mol. The lowest BCUT2D eigenvalue weighted by Gasteiger charge is -2.42. The van der Waals surface area contributed by atoms with Gasteiger partial charge in [0, 0.05) is 37.2 Å². The third-order valence-electron chi connectivity index (χ3n) is 6.97. The van der Waals surface area contributed by atoms with Gasteiger partial charge in [0.1, 0.15) is 0 Å². The van der Waals surface area contributed by atoms with Crippen LogP contribution < -0.4 is 9.62 Å². The van der Waals surface area contributed by atoms with Crippen LogP contribution in [0.1, 0.15) is 48.5 Å². The van der Waals surface area contributed by atoms with Gasteiger partial charge >= 0.3 is 0 Å². The number of aromatic nitrogens is 2. The highest BCUT2D eigenvalue weighted by molar-refractivity contribution is 7.89. The molecule has 1 N–H and O–H groups in total. The highest BCUT2D eigenvalue weighted by atomic mass is 32.2. The Morgan fingerprint density at radius 3 is 2.56 bits per heavy atom. The van der Waals surface area contributed by atoms with Gasteiger partial charge in [-0.15, -0.1) is 0 Å². The number of guanidine groups is 1. The van der Waals surface area contributed by atoms with Crippen molar-refractivity contribution in [3.8, 4) is 0 Å². The number of carbonyl (C=O) groups is 1. The van der Waals surface area contributed by atoms with Gasteiger partial charge in [0.25, 0.3) is 11.8 Å². The fourth-order valence-electron chi connectivity index (χ4n) is 5.05. The van der Waals surface area contributed by atoms with Gasteiger partial charge in [0.2, 0.25) is 16.0 Å². The molecular weight excluding hydrogens is 466 g/mol. The third kappa shape index (κ3) is 3.42. The lowest BCUT2D eigenvalue weighted by molar-refractivity contribution is -0.115. The van der Waals surface area contributed by atoms with Crippen molar-refractivity contribution in [2.45, 2.75) is 61.0 Å². The molecule has 0 radical (unpaired) electrons. The Morgan fingerprint density at radius 2 is 1.94 bits per heavy atom. The van der Waals surface area contributed by atoms with Crippen LogP contribution >= 0.6 is 0 Å². The summed E-state index contributed by atoms with van der Waals surface area (Å²) in [6.07, 6.45) is 4.15. The molecule has 180 valence electrons. The van der Waals surface area contributed by atoms with Crippen molar-refractivity contribution in [3.05, 3.63) is 41.7 Å². The van der Waals surface area contributed by atoms with Crippen LogP contribution in [0.5, 0.6) is 0 Å². The van der Waals surface area contributed by atoms with Crippen molar-refractivity contribution < 1.29 is 22.0 Å². The summed E-state index contributed by atoms with van der Waals surface area (Å²) >= 11 is 0. The Hall–Kier alpha value is -2.86. The number of halogens is 2. The lowest BCUT2D eigenvalue weighted by atomic mass is 9.74. The molecule has 4 aliphatic rings. The molecule has 1 spiro atoms. The predicted octanol–water partition coefficient (Wildman–Crippen LogP) is 2.25. The molecule has 0 saturated heterocycles. The van der Waals surface area contributed by atoms with Gasteiger partial charge in [-0.25, -0.2) is 26.9 Å². The number of benzene rings is 1. The summed E-state index contributed by atoms with van der Waals surface area (Å²) in [5.41, 5.74) is 0.0151. The maximum atomic E-state index is 13.8. The summed E-state index contributed by atoms with van der Waals surface area (Å²) in [5.74, 6) is -2.88. The third-order valence-corrected chi connectivity index (χ3v) is 8.61. The van der Waals surface area contributed by atoms with E-state index in [2.05, 4.69) is 14.8 Å². The minimum absolute atomic E-state index is 0.00136. The molecule has 0 bridgehead atoms. The summed E-state index contributed by atoms with van der Waals surface area (Å²) in [4.78, 5) is 21.4. The second-order valence-corrected chi connectivity index (χ2v) is 11.9. The van der Waals surface area contributed by atoms with Gasteiger partial charge in [0.05, 0.1) is 41.0 Å². The van der Waals surface area contributed by atoms with Crippen molar-refractivity contribution in [2.24, 2.45) is 12.0 Å². The van der Waals surface area contributed by atoms with E-state index in [0.29, 0.717) is 11.6 Å². The molecule has 1 aromatic heterocycles. The highest BCUT2D eigenvalue weighted by Gasteiger charge is 2.61. The number of nitrogens with zero attached hydrogens (tertiary/aromatic N) is 5. The summed E-state index contributed by atoms with van der Waals surface area (Å²) in [6, 6.07) is 4.40. The van der Waals surface area contributed by atoms with E-state index in [4.69, 9.17) is 0 Å². The topological polar surface area (TPSA) is 99.9 Å². The maximum Gasteiger partial charge on any atom is 0.263 e. The zero-order chi connectivity index (χ0) is 24.1. The maximum absolute atomic E-state index is 13.8. The van der Waals surface area contributed by atoms with Crippen molar-refractivity contribution in [3.63, 3.8) is 0 Å². The number of amides is 1. The number of alkyl halides is 2. The molecule has 1 aromatic carbocycles. The zero-order valence-electron chi connectivity index (χ0n) is 18.8. The number of carbonyl (C=O) groups excluding carboxylic acids is 1. The summed E-state index contributed by atoms with van der Waals surface area (Å²) in [5, 5.41) is 4.14. The van der Waals surface area contributed by atoms with Crippen LogP contribution in [0, 0.1) is 0 Å². The molecule has 2 fully saturated rings. The van der Waals surface area contributed by atoms with Crippen LogP contribution in [0.2, 0.25) is 0 Å². The number of nitrogens with one attached hydrogen (secondary N) is 1. The van der Waals surface area contributed by atoms with E-state index in [-0.39, 0.29) is 36.4 Å². The summed E-state index contributed by atoms with van der Waals surface area (Å²) < 4.78 is 57.8. The molecule has 2 aliphatic carbocycles.